The number of unbranched alkanes of at least 4 members (excludes halogenated alkanes) is 2. The van der Waals surface area contributed by atoms with Crippen LogP contribution in [-0.4, -0.2) is 0 Å². The lowest BCUT2D eigenvalue weighted by molar-refractivity contribution is 0.772. The molecule has 0 spiro atoms. The monoisotopic (exact) mass is 156 g/mol. The van der Waals surface area contributed by atoms with Gasteiger partial charge in [-0.25, -0.2) is 0 Å². The highest BCUT2D eigenvalue weighted by molar-refractivity contribution is 4.92. The van der Waals surface area contributed by atoms with Gasteiger partial charge < -0.3 is 0 Å². The highest BCUT2D eigenvalue weighted by Crippen LogP contribution is 2.01. The minimum atomic E-state index is 1.32. The summed E-state index contributed by atoms with van der Waals surface area (Å²) in [4.78, 5) is 0. The molecule has 0 unspecified atom stereocenters. The van der Waals surface area contributed by atoms with Crippen LogP contribution in [0.3, 0.4) is 0 Å². The lowest BCUT2D eigenvalue weighted by Gasteiger charge is -1.92. The smallest absolute Gasteiger partial charge is 0.0316 e. The fraction of sp³-hybridized carbons (Fsp3) is 0.818. The highest BCUT2D eigenvalue weighted by atomic mass is 13.9. The summed E-state index contributed by atoms with van der Waals surface area (Å²) < 4.78 is 0. The van der Waals surface area contributed by atoms with Gasteiger partial charge in [0.25, 0.3) is 0 Å². The van der Waals surface area contributed by atoms with Gasteiger partial charge in [0.2, 0.25) is 0 Å². The molecule has 0 atom stereocenters. The first-order valence-corrected chi connectivity index (χ1v) is 5.06. The third-order valence-electron chi connectivity index (χ3n) is 1.37. The average Bonchev–Trinajstić information content (AvgIpc) is 1.90. The Morgan fingerprint density at radius 3 is 1.18 bits per heavy atom. The van der Waals surface area contributed by atoms with Crippen molar-refractivity contribution < 1.29 is 0 Å². The van der Waals surface area contributed by atoms with Crippen LogP contribution in [0.5, 0.6) is 0 Å². The Morgan fingerprint density at radius 2 is 1.18 bits per heavy atom. The van der Waals surface area contributed by atoms with Crippen LogP contribution < -0.4 is 0 Å². The third kappa shape index (κ3) is 17.7. The van der Waals surface area contributed by atoms with E-state index in [1.807, 2.05) is 13.8 Å². The molecule has 0 fully saturated rings. The maximum absolute atomic E-state index is 2.21. The molecule has 0 aliphatic heterocycles. The summed E-state index contributed by atoms with van der Waals surface area (Å²) >= 11 is 0. The van der Waals surface area contributed by atoms with Crippen LogP contribution in [0, 0.1) is 0 Å². The normalized spacial score (nSPS) is 11.6. The van der Waals surface area contributed by atoms with Gasteiger partial charge in [-0.15, -0.1) is 0 Å². The first kappa shape index (κ1) is 13.3. The molecule has 1 aliphatic carbocycles. The van der Waals surface area contributed by atoms with Crippen LogP contribution in [0.15, 0.2) is 12.2 Å². The topological polar surface area (TPSA) is 0 Å². The van der Waals surface area contributed by atoms with Crippen LogP contribution in [-0.2, 0) is 0 Å². The van der Waals surface area contributed by atoms with Crippen molar-refractivity contribution >= 4 is 0 Å². The molecular formula is C11H24. The van der Waals surface area contributed by atoms with Crippen molar-refractivity contribution in [1.29, 1.82) is 0 Å². The van der Waals surface area contributed by atoms with Crippen LogP contribution in [0.2, 0.25) is 0 Å². The van der Waals surface area contributed by atoms with Gasteiger partial charge in [0.15, 0.2) is 0 Å². The summed E-state index contributed by atoms with van der Waals surface area (Å²) in [5.74, 6) is 0. The molecular weight excluding hydrogens is 132 g/mol. The quantitative estimate of drug-likeness (QED) is 0.514. The van der Waals surface area contributed by atoms with Crippen molar-refractivity contribution in [1.82, 2.24) is 0 Å². The SMILES string of the molecule is C1=CCC1.CC.CCCCC. The molecule has 0 heteroatoms. The fourth-order valence-electron chi connectivity index (χ4n) is 0.520. The van der Waals surface area contributed by atoms with E-state index in [0.29, 0.717) is 0 Å². The van der Waals surface area contributed by atoms with Gasteiger partial charge in [-0.2, -0.15) is 0 Å². The van der Waals surface area contributed by atoms with E-state index >= 15 is 0 Å². The van der Waals surface area contributed by atoms with E-state index in [1.165, 1.54) is 32.1 Å². The predicted octanol–water partition coefficient (Wildman–Crippen LogP) is 4.56. The Labute approximate surface area is 72.7 Å². The van der Waals surface area contributed by atoms with Gasteiger partial charge in [-0.3, -0.25) is 0 Å². The maximum Gasteiger partial charge on any atom is -0.0316 e. The van der Waals surface area contributed by atoms with Gasteiger partial charge in [0, 0.05) is 0 Å². The fourth-order valence-corrected chi connectivity index (χ4v) is 0.520. The van der Waals surface area contributed by atoms with Gasteiger partial charge in [0.05, 0.1) is 0 Å². The average molecular weight is 156 g/mol. The van der Waals surface area contributed by atoms with Crippen molar-refractivity contribution in [2.75, 3.05) is 0 Å². The molecule has 0 nitrogen and oxygen atoms in total. The zero-order valence-electron chi connectivity index (χ0n) is 8.69. The zero-order valence-corrected chi connectivity index (χ0v) is 8.69. The summed E-state index contributed by atoms with van der Waals surface area (Å²) in [6.45, 7) is 8.42. The summed E-state index contributed by atoms with van der Waals surface area (Å²) in [5, 5.41) is 0. The first-order valence-electron chi connectivity index (χ1n) is 5.06. The van der Waals surface area contributed by atoms with Crippen molar-refractivity contribution in [3.05, 3.63) is 12.2 Å². The van der Waals surface area contributed by atoms with E-state index in [9.17, 15) is 0 Å². The molecule has 11 heavy (non-hydrogen) atoms. The first-order chi connectivity index (χ1) is 5.41. The Balaban J connectivity index is 0. The minimum Gasteiger partial charge on any atom is -0.0882 e. The molecule has 0 N–H and O–H groups in total. The number of hydrogen-bond acceptors (Lipinski definition) is 0. The third-order valence-corrected chi connectivity index (χ3v) is 1.37. The Morgan fingerprint density at radius 1 is 0.909 bits per heavy atom. The van der Waals surface area contributed by atoms with Crippen LogP contribution in [0.25, 0.3) is 0 Å². The van der Waals surface area contributed by atoms with E-state index in [0.717, 1.165) is 0 Å². The number of rotatable bonds is 2. The van der Waals surface area contributed by atoms with E-state index in [4.69, 9.17) is 0 Å². The Bertz CT molecular complexity index is 54.4. The lowest BCUT2D eigenvalue weighted by Crippen LogP contribution is -1.71. The second-order valence-electron chi connectivity index (χ2n) is 2.40. The predicted molar refractivity (Wildman–Crippen MR) is 54.9 cm³/mol. The standard InChI is InChI=1S/C5H12.C4H6.C2H6/c1-3-5-4-2;1-2-4-3-1;1-2/h3-5H2,1-2H3;1-2H,3-4H2;1-2H3. The van der Waals surface area contributed by atoms with Crippen LogP contribution in [0.1, 0.15) is 59.8 Å². The van der Waals surface area contributed by atoms with Gasteiger partial charge in [0.1, 0.15) is 0 Å². The van der Waals surface area contributed by atoms with E-state index < -0.39 is 0 Å². The van der Waals surface area contributed by atoms with Crippen LogP contribution in [0.4, 0.5) is 0 Å². The molecule has 0 saturated heterocycles. The maximum atomic E-state index is 2.21. The summed E-state index contributed by atoms with van der Waals surface area (Å²) in [6.07, 6.45) is 11.1. The minimum absolute atomic E-state index is 1.32. The lowest BCUT2D eigenvalue weighted by atomic mass is 10.1. The second kappa shape index (κ2) is 16.4. The van der Waals surface area contributed by atoms with E-state index in [-0.39, 0.29) is 0 Å². The zero-order chi connectivity index (χ0) is 8.95. The number of allylic oxidation sites excluding steroid dienone is 2. The largest absolute Gasteiger partial charge is 0.0882 e. The molecule has 1 rings (SSSR count). The van der Waals surface area contributed by atoms with Crippen molar-refractivity contribution in [3.63, 3.8) is 0 Å². The van der Waals surface area contributed by atoms with Gasteiger partial charge >= 0.3 is 0 Å². The molecule has 0 heterocycles. The summed E-state index contributed by atoms with van der Waals surface area (Å²) in [6, 6.07) is 0. The molecule has 0 aromatic rings. The van der Waals surface area contributed by atoms with E-state index in [1.54, 1.807) is 0 Å². The Kier molecular flexibility index (Phi) is 19.9. The van der Waals surface area contributed by atoms with Crippen molar-refractivity contribution in [2.24, 2.45) is 0 Å². The molecule has 68 valence electrons. The summed E-state index contributed by atoms with van der Waals surface area (Å²) in [5.41, 5.74) is 0. The van der Waals surface area contributed by atoms with Crippen molar-refractivity contribution in [2.45, 2.75) is 59.8 Å². The highest BCUT2D eigenvalue weighted by Gasteiger charge is 1.81. The number of hydrogen-bond donors (Lipinski definition) is 0. The van der Waals surface area contributed by atoms with E-state index in [2.05, 4.69) is 26.0 Å². The van der Waals surface area contributed by atoms with Crippen LogP contribution >= 0.6 is 0 Å². The second-order valence-corrected chi connectivity index (χ2v) is 2.40. The van der Waals surface area contributed by atoms with Gasteiger partial charge in [-0.05, 0) is 12.8 Å². The molecule has 0 aromatic carbocycles. The Hall–Kier alpha value is -0.260. The molecule has 0 saturated carbocycles. The summed E-state index contributed by atoms with van der Waals surface area (Å²) in [7, 11) is 0. The molecule has 1 aliphatic rings. The molecule has 0 aromatic heterocycles. The molecule has 0 radical (unpaired) electrons. The van der Waals surface area contributed by atoms with Gasteiger partial charge in [-0.1, -0.05) is 59.1 Å². The molecule has 0 amide bonds. The molecule has 0 bridgehead atoms. The van der Waals surface area contributed by atoms with Crippen molar-refractivity contribution in [3.8, 4) is 0 Å².